The number of nitrogens with one attached hydrogen (secondary N) is 2. The van der Waals surface area contributed by atoms with E-state index < -0.39 is 0 Å². The van der Waals surface area contributed by atoms with Gasteiger partial charge in [-0.05, 0) is 29.8 Å². The van der Waals surface area contributed by atoms with Crippen LogP contribution in [0.15, 0.2) is 48.7 Å². The molecule has 2 aromatic carbocycles. The van der Waals surface area contributed by atoms with Crippen LogP contribution in [0.4, 0.5) is 5.69 Å². The third-order valence-electron chi connectivity index (χ3n) is 2.95. The fraction of sp³-hybridized carbons (Fsp3) is 0.0667. The van der Waals surface area contributed by atoms with Crippen LogP contribution in [0.5, 0.6) is 0 Å². The monoisotopic (exact) mass is 251 g/mol. The number of carbonyl (C=O) groups excluding carboxylic acids is 1. The molecule has 19 heavy (non-hydrogen) atoms. The van der Waals surface area contributed by atoms with Crippen LogP contribution in [0, 0.1) is 6.92 Å². The van der Waals surface area contributed by atoms with Gasteiger partial charge in [0.2, 0.25) is 0 Å². The molecule has 1 aromatic heterocycles. The van der Waals surface area contributed by atoms with Gasteiger partial charge in [-0.1, -0.05) is 30.3 Å². The molecular weight excluding hydrogens is 238 g/mol. The third-order valence-corrected chi connectivity index (χ3v) is 2.95. The number of rotatable bonds is 2. The normalized spacial score (nSPS) is 10.6. The van der Waals surface area contributed by atoms with Gasteiger partial charge in [0, 0.05) is 5.69 Å². The molecule has 4 nitrogen and oxygen atoms in total. The minimum Gasteiger partial charge on any atom is -0.338 e. The molecule has 0 aliphatic rings. The largest absolute Gasteiger partial charge is 0.338 e. The number of H-pyrrole nitrogens is 1. The minimum atomic E-state index is -0.184. The molecule has 0 saturated carbocycles. The molecule has 0 aliphatic heterocycles. The Bertz CT molecular complexity index is 746. The Hall–Kier alpha value is -2.62. The lowest BCUT2D eigenvalue weighted by molar-refractivity contribution is 0.102. The maximum Gasteiger partial charge on any atom is 0.273 e. The third kappa shape index (κ3) is 2.33. The molecule has 1 amide bonds. The maximum atomic E-state index is 12.0. The van der Waals surface area contributed by atoms with Crippen LogP contribution in [0.3, 0.4) is 0 Å². The zero-order valence-electron chi connectivity index (χ0n) is 10.5. The van der Waals surface area contributed by atoms with Gasteiger partial charge in [-0.3, -0.25) is 4.79 Å². The number of hydrogen-bond donors (Lipinski definition) is 2. The van der Waals surface area contributed by atoms with Crippen molar-refractivity contribution in [3.05, 3.63) is 60.2 Å². The van der Waals surface area contributed by atoms with E-state index in [9.17, 15) is 4.79 Å². The molecule has 4 heteroatoms. The summed E-state index contributed by atoms with van der Waals surface area (Å²) in [6, 6.07) is 13.9. The molecule has 0 bridgehead atoms. The van der Waals surface area contributed by atoms with Crippen molar-refractivity contribution in [2.75, 3.05) is 5.32 Å². The highest BCUT2D eigenvalue weighted by Gasteiger charge is 2.08. The molecule has 0 spiro atoms. The molecule has 3 aromatic rings. The number of nitrogens with zero attached hydrogens (tertiary/aromatic N) is 1. The van der Waals surface area contributed by atoms with Crippen molar-refractivity contribution in [3.63, 3.8) is 0 Å². The molecule has 0 saturated heterocycles. The van der Waals surface area contributed by atoms with E-state index in [0.29, 0.717) is 5.69 Å². The van der Waals surface area contributed by atoms with Crippen LogP contribution in [-0.2, 0) is 0 Å². The summed E-state index contributed by atoms with van der Waals surface area (Å²) >= 11 is 0. The zero-order chi connectivity index (χ0) is 13.2. The number of aromatic nitrogens is 2. The van der Waals surface area contributed by atoms with Gasteiger partial charge < -0.3 is 10.3 Å². The summed E-state index contributed by atoms with van der Waals surface area (Å²) in [6.45, 7) is 1.81. The maximum absolute atomic E-state index is 12.0. The zero-order valence-corrected chi connectivity index (χ0v) is 10.5. The highest BCUT2D eigenvalue weighted by atomic mass is 16.1. The average Bonchev–Trinajstić information content (AvgIpc) is 2.85. The number of hydrogen-bond acceptors (Lipinski definition) is 2. The van der Waals surface area contributed by atoms with Crippen molar-refractivity contribution in [2.45, 2.75) is 6.92 Å². The van der Waals surface area contributed by atoms with E-state index in [1.54, 1.807) is 0 Å². The number of benzene rings is 2. The Balaban J connectivity index is 1.87. The van der Waals surface area contributed by atoms with Gasteiger partial charge in [-0.2, -0.15) is 0 Å². The van der Waals surface area contributed by atoms with Crippen molar-refractivity contribution in [1.82, 2.24) is 9.97 Å². The summed E-state index contributed by atoms with van der Waals surface area (Å²) in [4.78, 5) is 18.9. The quantitative estimate of drug-likeness (QED) is 0.735. The van der Waals surface area contributed by atoms with Gasteiger partial charge in [0.05, 0.1) is 6.20 Å². The first-order chi connectivity index (χ1) is 9.22. The Labute approximate surface area is 110 Å². The number of anilines is 1. The second-order valence-corrected chi connectivity index (χ2v) is 4.40. The smallest absolute Gasteiger partial charge is 0.273 e. The second-order valence-electron chi connectivity index (χ2n) is 4.40. The number of aryl methyl sites for hydroxylation is 1. The van der Waals surface area contributed by atoms with E-state index in [0.717, 1.165) is 22.3 Å². The van der Waals surface area contributed by atoms with Gasteiger partial charge in [0.1, 0.15) is 11.5 Å². The van der Waals surface area contributed by atoms with Gasteiger partial charge in [0.25, 0.3) is 5.91 Å². The molecule has 0 fully saturated rings. The number of carbonyl (C=O) groups is 1. The minimum absolute atomic E-state index is 0.184. The first kappa shape index (κ1) is 11.5. The van der Waals surface area contributed by atoms with E-state index in [4.69, 9.17) is 0 Å². The number of amides is 1. The summed E-state index contributed by atoms with van der Waals surface area (Å²) in [6.07, 6.45) is 1.53. The fourth-order valence-electron chi connectivity index (χ4n) is 2.00. The van der Waals surface area contributed by atoms with Crippen LogP contribution in [-0.4, -0.2) is 15.9 Å². The average molecular weight is 251 g/mol. The predicted octanol–water partition coefficient (Wildman–Crippen LogP) is 3.12. The van der Waals surface area contributed by atoms with Gasteiger partial charge in [0.15, 0.2) is 0 Å². The topological polar surface area (TPSA) is 57.8 Å². The van der Waals surface area contributed by atoms with Crippen LogP contribution in [0.25, 0.3) is 10.8 Å². The van der Waals surface area contributed by atoms with Crippen molar-refractivity contribution in [3.8, 4) is 0 Å². The highest BCUT2D eigenvalue weighted by molar-refractivity contribution is 6.03. The standard InChI is InChI=1S/C15H13N3O/c1-10-16-9-14(17-10)15(19)18-13-7-6-11-4-2-3-5-12(11)8-13/h2-9H,1H3,(H,16,17)(H,18,19). The number of imidazole rings is 1. The lowest BCUT2D eigenvalue weighted by atomic mass is 10.1. The summed E-state index contributed by atoms with van der Waals surface area (Å²) in [7, 11) is 0. The summed E-state index contributed by atoms with van der Waals surface area (Å²) in [5.41, 5.74) is 1.24. The van der Waals surface area contributed by atoms with Crippen molar-refractivity contribution in [2.24, 2.45) is 0 Å². The lowest BCUT2D eigenvalue weighted by Crippen LogP contribution is -2.12. The van der Waals surface area contributed by atoms with Gasteiger partial charge in [-0.15, -0.1) is 0 Å². The second kappa shape index (κ2) is 4.57. The predicted molar refractivity (Wildman–Crippen MR) is 75.2 cm³/mol. The number of fused-ring (bicyclic) bond motifs is 1. The van der Waals surface area contributed by atoms with E-state index in [1.165, 1.54) is 6.20 Å². The van der Waals surface area contributed by atoms with Crippen LogP contribution in [0.2, 0.25) is 0 Å². The Morgan fingerprint density at radius 2 is 1.95 bits per heavy atom. The highest BCUT2D eigenvalue weighted by Crippen LogP contribution is 2.19. The molecule has 0 radical (unpaired) electrons. The molecule has 1 heterocycles. The van der Waals surface area contributed by atoms with Crippen molar-refractivity contribution >= 4 is 22.4 Å². The Morgan fingerprint density at radius 3 is 2.68 bits per heavy atom. The number of aromatic amines is 1. The SMILES string of the molecule is Cc1ncc(C(=O)Nc2ccc3ccccc3c2)[nH]1. The van der Waals surface area contributed by atoms with E-state index in [2.05, 4.69) is 15.3 Å². The molecule has 0 atom stereocenters. The fourth-order valence-corrected chi connectivity index (χ4v) is 2.00. The van der Waals surface area contributed by atoms with Crippen molar-refractivity contribution in [1.29, 1.82) is 0 Å². The van der Waals surface area contributed by atoms with Gasteiger partial charge in [-0.25, -0.2) is 4.98 Å². The van der Waals surface area contributed by atoms with E-state index in [-0.39, 0.29) is 5.91 Å². The van der Waals surface area contributed by atoms with Crippen LogP contribution >= 0.6 is 0 Å². The molecule has 0 unspecified atom stereocenters. The first-order valence-corrected chi connectivity index (χ1v) is 6.04. The summed E-state index contributed by atoms with van der Waals surface area (Å²) in [5.74, 6) is 0.541. The molecular formula is C15H13N3O. The Kier molecular flexibility index (Phi) is 2.76. The van der Waals surface area contributed by atoms with E-state index >= 15 is 0 Å². The van der Waals surface area contributed by atoms with Crippen molar-refractivity contribution < 1.29 is 4.79 Å². The molecule has 0 aliphatic carbocycles. The lowest BCUT2D eigenvalue weighted by Gasteiger charge is -2.05. The van der Waals surface area contributed by atoms with Crippen LogP contribution < -0.4 is 5.32 Å². The molecule has 94 valence electrons. The first-order valence-electron chi connectivity index (χ1n) is 6.04. The molecule has 2 N–H and O–H groups in total. The Morgan fingerprint density at radius 1 is 1.16 bits per heavy atom. The van der Waals surface area contributed by atoms with E-state index in [1.807, 2.05) is 49.4 Å². The van der Waals surface area contributed by atoms with Crippen LogP contribution in [0.1, 0.15) is 16.3 Å². The van der Waals surface area contributed by atoms with Gasteiger partial charge >= 0.3 is 0 Å². The summed E-state index contributed by atoms with van der Waals surface area (Å²) in [5, 5.41) is 5.10. The summed E-state index contributed by atoms with van der Waals surface area (Å²) < 4.78 is 0. The molecule has 3 rings (SSSR count).